The average Bonchev–Trinajstić information content (AvgIpc) is 2.48. The zero-order chi connectivity index (χ0) is 17.7. The van der Waals surface area contributed by atoms with Gasteiger partial charge in [-0.2, -0.15) is 0 Å². The lowest BCUT2D eigenvalue weighted by Gasteiger charge is -2.34. The maximum atomic E-state index is 13.1. The Labute approximate surface area is 139 Å². The summed E-state index contributed by atoms with van der Waals surface area (Å²) in [5.41, 5.74) is 0.129. The zero-order valence-corrected chi connectivity index (χ0v) is 13.6. The Balaban J connectivity index is 1.74. The number of anilines is 1. The van der Waals surface area contributed by atoms with E-state index in [0.29, 0.717) is 13.1 Å². The molecule has 1 aliphatic heterocycles. The first-order chi connectivity index (χ1) is 11.3. The van der Waals surface area contributed by atoms with Crippen molar-refractivity contribution in [3.05, 3.63) is 29.8 Å². The minimum absolute atomic E-state index is 0.0539. The molecule has 2 atom stereocenters. The average molecular weight is 341 g/mol. The maximum Gasteiger partial charge on any atom is 0.243 e. The number of benzene rings is 1. The summed E-state index contributed by atoms with van der Waals surface area (Å²) in [7, 11) is 0. The summed E-state index contributed by atoms with van der Waals surface area (Å²) in [6.07, 6.45) is 0.108. The Morgan fingerprint density at radius 2 is 1.83 bits per heavy atom. The second-order valence-corrected chi connectivity index (χ2v) is 5.91. The van der Waals surface area contributed by atoms with Crippen molar-refractivity contribution >= 4 is 17.5 Å². The highest BCUT2D eigenvalue weighted by Crippen LogP contribution is 2.13. The number of halogens is 2. The summed E-state index contributed by atoms with van der Waals surface area (Å²) < 4.78 is 31.5. The Bertz CT molecular complexity index is 602. The van der Waals surface area contributed by atoms with E-state index in [0.717, 1.165) is 12.1 Å². The summed E-state index contributed by atoms with van der Waals surface area (Å²) >= 11 is 0. The number of hydrogen-bond acceptors (Lipinski definition) is 4. The first-order valence-corrected chi connectivity index (χ1v) is 7.73. The van der Waals surface area contributed by atoms with Gasteiger partial charge in [-0.15, -0.1) is 0 Å². The maximum absolute atomic E-state index is 13.1. The summed E-state index contributed by atoms with van der Waals surface area (Å²) in [6.45, 7) is 5.12. The number of nitrogens with one attached hydrogen (secondary N) is 2. The molecule has 0 saturated carbocycles. The van der Waals surface area contributed by atoms with Crippen LogP contribution in [0.5, 0.6) is 0 Å². The Morgan fingerprint density at radius 1 is 1.17 bits per heavy atom. The van der Waals surface area contributed by atoms with Gasteiger partial charge >= 0.3 is 0 Å². The summed E-state index contributed by atoms with van der Waals surface area (Å²) in [4.78, 5) is 25.6. The van der Waals surface area contributed by atoms with Crippen molar-refractivity contribution < 1.29 is 23.1 Å². The molecule has 8 heteroatoms. The highest BCUT2D eigenvalue weighted by atomic mass is 19.2. The number of amides is 2. The third-order valence-corrected chi connectivity index (χ3v) is 3.51. The fourth-order valence-corrected chi connectivity index (χ4v) is 2.63. The first-order valence-electron chi connectivity index (χ1n) is 7.73. The van der Waals surface area contributed by atoms with Gasteiger partial charge in [0, 0.05) is 24.8 Å². The number of rotatable bonds is 5. The van der Waals surface area contributed by atoms with Crippen molar-refractivity contribution in [2.45, 2.75) is 26.1 Å². The van der Waals surface area contributed by atoms with Crippen LogP contribution in [0.1, 0.15) is 13.8 Å². The van der Waals surface area contributed by atoms with Crippen LogP contribution in [0, 0.1) is 11.6 Å². The molecule has 2 N–H and O–H groups in total. The summed E-state index contributed by atoms with van der Waals surface area (Å²) in [5, 5.41) is 4.89. The smallest absolute Gasteiger partial charge is 0.243 e. The van der Waals surface area contributed by atoms with Gasteiger partial charge in [-0.25, -0.2) is 8.78 Å². The van der Waals surface area contributed by atoms with Crippen LogP contribution in [0.25, 0.3) is 0 Å². The lowest BCUT2D eigenvalue weighted by Crippen LogP contribution is -2.49. The minimum Gasteiger partial charge on any atom is -0.373 e. The zero-order valence-electron chi connectivity index (χ0n) is 13.6. The van der Waals surface area contributed by atoms with Gasteiger partial charge in [0.05, 0.1) is 25.3 Å². The van der Waals surface area contributed by atoms with E-state index in [1.807, 2.05) is 18.7 Å². The molecule has 1 aliphatic rings. The Kier molecular flexibility index (Phi) is 6.22. The largest absolute Gasteiger partial charge is 0.373 e. The van der Waals surface area contributed by atoms with Crippen molar-refractivity contribution in [3.8, 4) is 0 Å². The van der Waals surface area contributed by atoms with Crippen LogP contribution in [0.4, 0.5) is 14.5 Å². The molecule has 1 aromatic rings. The first kappa shape index (κ1) is 18.3. The number of hydrogen-bond donors (Lipinski definition) is 2. The molecule has 0 radical (unpaired) electrons. The van der Waals surface area contributed by atoms with E-state index in [1.165, 1.54) is 6.07 Å². The van der Waals surface area contributed by atoms with E-state index in [9.17, 15) is 18.4 Å². The standard InChI is InChI=1S/C16H21F2N3O3/c1-10-7-21(8-11(2)24-10)9-16(23)19-6-15(22)20-12-3-4-13(17)14(18)5-12/h3-5,10-11H,6-9H2,1-2H3,(H,19,23)(H,20,22)/t10-,11-/m1/s1. The lowest BCUT2D eigenvalue weighted by molar-refractivity contribution is -0.128. The molecule has 1 heterocycles. The molecule has 2 rings (SSSR count). The highest BCUT2D eigenvalue weighted by Gasteiger charge is 2.23. The molecule has 2 amide bonds. The normalized spacial score (nSPS) is 21.3. The van der Waals surface area contributed by atoms with E-state index in [4.69, 9.17) is 4.74 Å². The predicted octanol–water partition coefficient (Wildman–Crippen LogP) is 1.13. The number of carbonyl (C=O) groups is 2. The number of morpholine rings is 1. The topological polar surface area (TPSA) is 70.7 Å². The molecule has 1 fully saturated rings. The van der Waals surface area contributed by atoms with Crippen LogP contribution in [0.3, 0.4) is 0 Å². The van der Waals surface area contributed by atoms with Gasteiger partial charge in [0.25, 0.3) is 0 Å². The van der Waals surface area contributed by atoms with E-state index in [2.05, 4.69) is 10.6 Å². The van der Waals surface area contributed by atoms with E-state index in [1.54, 1.807) is 0 Å². The van der Waals surface area contributed by atoms with Gasteiger partial charge < -0.3 is 15.4 Å². The molecule has 0 unspecified atom stereocenters. The predicted molar refractivity (Wildman–Crippen MR) is 84.4 cm³/mol. The molecule has 0 aliphatic carbocycles. The van der Waals surface area contributed by atoms with Crippen LogP contribution >= 0.6 is 0 Å². The summed E-state index contributed by atoms with van der Waals surface area (Å²) in [6, 6.07) is 3.05. The monoisotopic (exact) mass is 341 g/mol. The van der Waals surface area contributed by atoms with E-state index >= 15 is 0 Å². The van der Waals surface area contributed by atoms with Crippen LogP contribution < -0.4 is 10.6 Å². The fraction of sp³-hybridized carbons (Fsp3) is 0.500. The number of carbonyl (C=O) groups excluding carboxylic acids is 2. The molecular weight excluding hydrogens is 320 g/mol. The van der Waals surface area contributed by atoms with Gasteiger partial charge in [-0.1, -0.05) is 0 Å². The third kappa shape index (κ3) is 5.54. The van der Waals surface area contributed by atoms with Gasteiger partial charge in [0.1, 0.15) is 0 Å². The number of nitrogens with zero attached hydrogens (tertiary/aromatic N) is 1. The van der Waals surface area contributed by atoms with E-state index < -0.39 is 17.5 Å². The van der Waals surface area contributed by atoms with Crippen LogP contribution in [0.15, 0.2) is 18.2 Å². The molecule has 0 spiro atoms. The second kappa shape index (κ2) is 8.16. The van der Waals surface area contributed by atoms with Crippen molar-refractivity contribution in [1.29, 1.82) is 0 Å². The molecule has 1 aromatic carbocycles. The van der Waals surface area contributed by atoms with Crippen molar-refractivity contribution in [2.24, 2.45) is 0 Å². The fourth-order valence-electron chi connectivity index (χ4n) is 2.63. The Morgan fingerprint density at radius 3 is 2.46 bits per heavy atom. The van der Waals surface area contributed by atoms with Gasteiger partial charge in [0.2, 0.25) is 11.8 Å². The lowest BCUT2D eigenvalue weighted by atomic mass is 10.2. The summed E-state index contributed by atoms with van der Waals surface area (Å²) in [5.74, 6) is -2.84. The molecule has 6 nitrogen and oxygen atoms in total. The highest BCUT2D eigenvalue weighted by molar-refractivity contribution is 5.94. The molecule has 132 valence electrons. The molecular formula is C16H21F2N3O3. The van der Waals surface area contributed by atoms with Crippen LogP contribution in [-0.4, -0.2) is 55.1 Å². The van der Waals surface area contributed by atoms with Crippen LogP contribution in [0.2, 0.25) is 0 Å². The third-order valence-electron chi connectivity index (χ3n) is 3.51. The van der Waals surface area contributed by atoms with Crippen molar-refractivity contribution in [1.82, 2.24) is 10.2 Å². The van der Waals surface area contributed by atoms with Crippen molar-refractivity contribution in [2.75, 3.05) is 31.5 Å². The second-order valence-electron chi connectivity index (χ2n) is 5.91. The van der Waals surface area contributed by atoms with Gasteiger partial charge in [0.15, 0.2) is 11.6 Å². The number of ether oxygens (including phenoxy) is 1. The van der Waals surface area contributed by atoms with Gasteiger partial charge in [-0.3, -0.25) is 14.5 Å². The SMILES string of the molecule is C[C@@H]1CN(CC(=O)NCC(=O)Nc2ccc(F)c(F)c2)C[C@@H](C)O1. The molecule has 1 saturated heterocycles. The Hall–Kier alpha value is -2.06. The van der Waals surface area contributed by atoms with Crippen molar-refractivity contribution in [3.63, 3.8) is 0 Å². The molecule has 24 heavy (non-hydrogen) atoms. The van der Waals surface area contributed by atoms with E-state index in [-0.39, 0.29) is 36.9 Å². The quantitative estimate of drug-likeness (QED) is 0.842. The minimum atomic E-state index is -1.05. The van der Waals surface area contributed by atoms with Gasteiger partial charge in [-0.05, 0) is 26.0 Å². The molecule has 0 bridgehead atoms. The molecule has 0 aromatic heterocycles. The van der Waals surface area contributed by atoms with Crippen LogP contribution in [-0.2, 0) is 14.3 Å².